The maximum absolute atomic E-state index is 15.7. The molecule has 3 fully saturated rings. The van der Waals surface area contributed by atoms with Crippen LogP contribution in [0.2, 0.25) is 0 Å². The van der Waals surface area contributed by atoms with Crippen LogP contribution in [0.5, 0.6) is 5.75 Å². The monoisotopic (exact) mass is 713 g/mol. The fraction of sp³-hybridized carbons (Fsp3) is 0.595. The van der Waals surface area contributed by atoms with E-state index in [0.717, 1.165) is 64.6 Å². The predicted molar refractivity (Wildman–Crippen MR) is 194 cm³/mol. The Morgan fingerprint density at radius 2 is 1.53 bits per heavy atom. The van der Waals surface area contributed by atoms with Gasteiger partial charge in [0.15, 0.2) is 4.90 Å². The second-order valence-corrected chi connectivity index (χ2v) is 17.8. The summed E-state index contributed by atoms with van der Waals surface area (Å²) in [7, 11) is -2.12. The van der Waals surface area contributed by atoms with Gasteiger partial charge in [0.05, 0.1) is 17.3 Å². The molecular weight excluding hydrogens is 662 g/mol. The van der Waals surface area contributed by atoms with Crippen LogP contribution in [0.15, 0.2) is 57.3 Å². The Bertz CT molecular complexity index is 1700. The van der Waals surface area contributed by atoms with Gasteiger partial charge < -0.3 is 24.0 Å². The van der Waals surface area contributed by atoms with Crippen LogP contribution in [-0.2, 0) is 21.0 Å². The number of likely N-dealkylation sites (N-methyl/N-ethyl adjacent to an activating group) is 1. The summed E-state index contributed by atoms with van der Waals surface area (Å²) in [5.41, 5.74) is 1.12. The van der Waals surface area contributed by atoms with E-state index in [1.807, 2.05) is 6.92 Å². The van der Waals surface area contributed by atoms with E-state index < -0.39 is 31.7 Å². The number of benzene rings is 2. The lowest BCUT2D eigenvalue weighted by atomic mass is 9.96. The van der Waals surface area contributed by atoms with Crippen LogP contribution in [0.3, 0.4) is 0 Å². The van der Waals surface area contributed by atoms with Gasteiger partial charge in [0, 0.05) is 75.1 Å². The van der Waals surface area contributed by atoms with Crippen LogP contribution in [0, 0.1) is 11.7 Å². The normalized spacial score (nSPS) is 21.0. The summed E-state index contributed by atoms with van der Waals surface area (Å²) >= 11 is -1.28. The molecule has 0 radical (unpaired) electrons. The molecule has 3 saturated heterocycles. The predicted octanol–water partition coefficient (Wildman–Crippen LogP) is 5.44. The van der Waals surface area contributed by atoms with E-state index in [2.05, 4.69) is 45.5 Å². The minimum absolute atomic E-state index is 0.0359. The van der Waals surface area contributed by atoms with Gasteiger partial charge in [0.25, 0.3) is 0 Å². The smallest absolute Gasteiger partial charge is 0.213 e. The summed E-state index contributed by atoms with van der Waals surface area (Å²) in [4.78, 5) is 14.5. The number of likely N-dealkylation sites (tertiary alicyclic amines) is 1. The van der Waals surface area contributed by atoms with Gasteiger partial charge in [0.2, 0.25) is 9.84 Å². The summed E-state index contributed by atoms with van der Waals surface area (Å²) < 4.78 is 62.8. The molecule has 9 nitrogen and oxygen atoms in total. The molecule has 0 N–H and O–H groups in total. The second-order valence-electron chi connectivity index (χ2n) is 14.6. The molecule has 0 bridgehead atoms. The van der Waals surface area contributed by atoms with Crippen molar-refractivity contribution in [3.05, 3.63) is 48.4 Å². The molecule has 2 aromatic carbocycles. The largest absolute Gasteiger partial charge is 0.612 e. The first kappa shape index (κ1) is 36.3. The van der Waals surface area contributed by atoms with Crippen molar-refractivity contribution in [3.63, 3.8) is 0 Å². The number of pyridine rings is 1. The third kappa shape index (κ3) is 8.20. The fourth-order valence-corrected chi connectivity index (χ4v) is 9.96. The quantitative estimate of drug-likeness (QED) is 0.255. The lowest BCUT2D eigenvalue weighted by molar-refractivity contribution is 0.0495. The van der Waals surface area contributed by atoms with Crippen molar-refractivity contribution in [3.8, 4) is 5.75 Å². The minimum Gasteiger partial charge on any atom is -0.612 e. The van der Waals surface area contributed by atoms with Crippen molar-refractivity contribution in [2.75, 3.05) is 70.6 Å². The van der Waals surface area contributed by atoms with Crippen LogP contribution < -0.4 is 9.64 Å². The number of piperidine rings is 2. The molecule has 12 heteroatoms. The average molecular weight is 714 g/mol. The summed E-state index contributed by atoms with van der Waals surface area (Å²) in [6, 6.07) is 10.4. The zero-order chi connectivity index (χ0) is 34.9. The molecule has 3 aliphatic heterocycles. The van der Waals surface area contributed by atoms with Crippen LogP contribution in [0.25, 0.3) is 10.9 Å². The second kappa shape index (κ2) is 15.4. The third-order valence-electron chi connectivity index (χ3n) is 10.6. The Balaban J connectivity index is 1.24. The molecular formula is C37H52FN5O4S2. The molecule has 3 aliphatic rings. The number of rotatable bonds is 10. The number of aromatic nitrogens is 1. The molecule has 268 valence electrons. The molecule has 49 heavy (non-hydrogen) atoms. The molecule has 0 amide bonds. The van der Waals surface area contributed by atoms with Crippen molar-refractivity contribution in [1.82, 2.24) is 19.7 Å². The Kier molecular flexibility index (Phi) is 11.4. The standard InChI is InChI=1S/C37H52FN5O4S2/c1-26(2)22-27(3)47-30-6-9-35(33(38)23-30)49(45,46)36-25-39-34-8-7-31(48(5)44)24-32(34)37(36)43-16-12-28(13-17-43)41-14-10-29(11-15-41)42-20-18-40(4)19-21-42/h6-9,23-29H,10-22H2,1-5H3. The molecule has 2 unspecified atom stereocenters. The van der Waals surface area contributed by atoms with E-state index in [4.69, 9.17) is 4.74 Å². The van der Waals surface area contributed by atoms with Gasteiger partial charge in [-0.15, -0.1) is 0 Å². The number of fused-ring (bicyclic) bond motifs is 1. The Labute approximate surface area is 294 Å². The van der Waals surface area contributed by atoms with E-state index in [9.17, 15) is 13.0 Å². The Hall–Kier alpha value is -2.48. The highest BCUT2D eigenvalue weighted by Crippen LogP contribution is 2.39. The Morgan fingerprint density at radius 1 is 0.898 bits per heavy atom. The van der Waals surface area contributed by atoms with Gasteiger partial charge in [-0.1, -0.05) is 13.8 Å². The lowest BCUT2D eigenvalue weighted by Crippen LogP contribution is -2.54. The summed E-state index contributed by atoms with van der Waals surface area (Å²) in [5, 5.41) is 0.614. The number of piperazine rings is 1. The number of anilines is 1. The first-order valence-electron chi connectivity index (χ1n) is 17.8. The highest BCUT2D eigenvalue weighted by Gasteiger charge is 2.35. The van der Waals surface area contributed by atoms with Crippen molar-refractivity contribution in [2.24, 2.45) is 5.92 Å². The van der Waals surface area contributed by atoms with E-state index in [0.29, 0.717) is 58.3 Å². The molecule has 4 heterocycles. The molecule has 0 saturated carbocycles. The number of ether oxygens (including phenoxy) is 1. The third-order valence-corrected chi connectivity index (χ3v) is 13.3. The number of sulfone groups is 1. The molecule has 3 aromatic rings. The summed E-state index contributed by atoms with van der Waals surface area (Å²) in [6.45, 7) is 14.2. The highest BCUT2D eigenvalue weighted by molar-refractivity contribution is 7.91. The fourth-order valence-electron chi connectivity index (χ4n) is 7.93. The van der Waals surface area contributed by atoms with Crippen LogP contribution >= 0.6 is 0 Å². The number of hydrogen-bond donors (Lipinski definition) is 0. The van der Waals surface area contributed by atoms with Gasteiger partial charge >= 0.3 is 0 Å². The van der Waals surface area contributed by atoms with Crippen LogP contribution in [-0.4, -0.2) is 117 Å². The van der Waals surface area contributed by atoms with Crippen molar-refractivity contribution in [1.29, 1.82) is 0 Å². The number of nitrogens with zero attached hydrogens (tertiary/aromatic N) is 5. The lowest BCUT2D eigenvalue weighted by Gasteiger charge is -2.46. The molecule has 1 aromatic heterocycles. The maximum Gasteiger partial charge on any atom is 0.213 e. The maximum atomic E-state index is 15.7. The molecule has 0 aliphatic carbocycles. The van der Waals surface area contributed by atoms with Crippen molar-refractivity contribution < 1.29 is 22.1 Å². The van der Waals surface area contributed by atoms with E-state index in [-0.39, 0.29) is 11.0 Å². The first-order valence-corrected chi connectivity index (χ1v) is 20.8. The van der Waals surface area contributed by atoms with Gasteiger partial charge in [-0.05, 0) is 101 Å². The molecule has 0 spiro atoms. The van der Waals surface area contributed by atoms with Gasteiger partial charge in [-0.2, -0.15) is 0 Å². The zero-order valence-electron chi connectivity index (χ0n) is 29.6. The Morgan fingerprint density at radius 3 is 2.14 bits per heavy atom. The van der Waals surface area contributed by atoms with Crippen molar-refractivity contribution in [2.45, 2.75) is 85.7 Å². The van der Waals surface area contributed by atoms with Crippen LogP contribution in [0.4, 0.5) is 10.1 Å². The van der Waals surface area contributed by atoms with Crippen LogP contribution in [0.1, 0.15) is 52.9 Å². The summed E-state index contributed by atoms with van der Waals surface area (Å²) in [5.74, 6) is -0.151. The minimum atomic E-state index is -4.32. The average Bonchev–Trinajstić information content (AvgIpc) is 3.07. The van der Waals surface area contributed by atoms with Gasteiger partial charge in [0.1, 0.15) is 27.6 Å². The highest BCUT2D eigenvalue weighted by atomic mass is 32.2. The van der Waals surface area contributed by atoms with Gasteiger partial charge in [-0.3, -0.25) is 9.88 Å². The SMILES string of the molecule is CC(C)CC(C)Oc1ccc(S(=O)(=O)c2cnc3ccc([S+](C)[O-])cc3c2N2CCC(N3CCC(N4CCN(C)CC4)CC3)CC2)c(F)c1. The first-order chi connectivity index (χ1) is 23.4. The van der Waals surface area contributed by atoms with E-state index in [1.54, 1.807) is 24.5 Å². The molecule has 6 rings (SSSR count). The van der Waals surface area contributed by atoms with E-state index >= 15 is 4.39 Å². The topological polar surface area (TPSA) is 92.3 Å². The zero-order valence-corrected chi connectivity index (χ0v) is 31.2. The summed E-state index contributed by atoms with van der Waals surface area (Å²) in [6.07, 6.45) is 7.79. The molecule has 2 atom stereocenters. The van der Waals surface area contributed by atoms with Gasteiger partial charge in [-0.25, -0.2) is 12.8 Å². The number of halogens is 1. The van der Waals surface area contributed by atoms with Crippen molar-refractivity contribution >= 4 is 37.6 Å². The number of hydrogen-bond acceptors (Lipinski definition) is 9. The van der Waals surface area contributed by atoms with E-state index in [1.165, 1.54) is 31.2 Å².